The molecule has 0 aliphatic heterocycles. The highest BCUT2D eigenvalue weighted by molar-refractivity contribution is 14.0. The van der Waals surface area contributed by atoms with Gasteiger partial charge in [-0.3, -0.25) is 0 Å². The van der Waals surface area contributed by atoms with Crippen LogP contribution in [-0.2, 0) is 13.1 Å². The van der Waals surface area contributed by atoms with Crippen LogP contribution >= 0.6 is 35.6 Å². The van der Waals surface area contributed by atoms with E-state index in [9.17, 15) is 0 Å². The number of hydrogen-bond acceptors (Lipinski definition) is 2. The number of aryl methyl sites for hydroxylation is 1. The number of rotatable bonds is 7. The number of benzene rings is 1. The molecule has 7 heteroatoms. The number of guanidine groups is 1. The molecule has 0 amide bonds. The number of imidazole rings is 1. The fourth-order valence-electron chi connectivity index (χ4n) is 2.03. The SMILES string of the molecule is CCNC(=NCc1cccc(Cl)c1)NCCCn1ccnc1.I. The Morgan fingerprint density at radius 1 is 1.35 bits per heavy atom. The summed E-state index contributed by atoms with van der Waals surface area (Å²) >= 11 is 5.99. The predicted molar refractivity (Wildman–Crippen MR) is 107 cm³/mol. The van der Waals surface area contributed by atoms with Gasteiger partial charge in [0.25, 0.3) is 0 Å². The van der Waals surface area contributed by atoms with Crippen molar-refractivity contribution in [1.82, 2.24) is 20.2 Å². The monoisotopic (exact) mass is 447 g/mol. The van der Waals surface area contributed by atoms with Gasteiger partial charge in [-0.1, -0.05) is 23.7 Å². The van der Waals surface area contributed by atoms with Crippen LogP contribution < -0.4 is 10.6 Å². The third-order valence-electron chi connectivity index (χ3n) is 3.10. The van der Waals surface area contributed by atoms with E-state index in [1.54, 1.807) is 6.20 Å². The molecule has 0 saturated heterocycles. The fraction of sp³-hybridized carbons (Fsp3) is 0.375. The molecule has 0 unspecified atom stereocenters. The molecule has 2 aromatic rings. The van der Waals surface area contributed by atoms with E-state index >= 15 is 0 Å². The third-order valence-corrected chi connectivity index (χ3v) is 3.33. The summed E-state index contributed by atoms with van der Waals surface area (Å²) in [7, 11) is 0. The van der Waals surface area contributed by atoms with Crippen LogP contribution in [0.2, 0.25) is 5.02 Å². The summed E-state index contributed by atoms with van der Waals surface area (Å²) in [5, 5.41) is 7.33. The lowest BCUT2D eigenvalue weighted by Gasteiger charge is -2.11. The Kier molecular flexibility index (Phi) is 9.70. The number of aliphatic imine (C=N–C) groups is 1. The van der Waals surface area contributed by atoms with Gasteiger partial charge in [-0.05, 0) is 31.0 Å². The Morgan fingerprint density at radius 3 is 2.91 bits per heavy atom. The zero-order chi connectivity index (χ0) is 15.6. The second-order valence-corrected chi connectivity index (χ2v) is 5.34. The van der Waals surface area contributed by atoms with Gasteiger partial charge in [0.15, 0.2) is 5.96 Å². The van der Waals surface area contributed by atoms with E-state index in [0.29, 0.717) is 6.54 Å². The van der Waals surface area contributed by atoms with Crippen molar-refractivity contribution < 1.29 is 0 Å². The topological polar surface area (TPSA) is 54.2 Å². The maximum atomic E-state index is 5.99. The highest BCUT2D eigenvalue weighted by atomic mass is 127. The zero-order valence-corrected chi connectivity index (χ0v) is 16.3. The molecule has 1 aromatic carbocycles. The van der Waals surface area contributed by atoms with Crippen molar-refractivity contribution in [3.05, 3.63) is 53.6 Å². The van der Waals surface area contributed by atoms with Crippen LogP contribution in [0.3, 0.4) is 0 Å². The van der Waals surface area contributed by atoms with Gasteiger partial charge in [0.1, 0.15) is 0 Å². The molecule has 0 spiro atoms. The molecule has 126 valence electrons. The van der Waals surface area contributed by atoms with Crippen molar-refractivity contribution in [2.75, 3.05) is 13.1 Å². The average molecular weight is 448 g/mol. The van der Waals surface area contributed by atoms with Crippen LogP contribution in [0, 0.1) is 0 Å². The normalized spacial score (nSPS) is 11.0. The first-order valence-corrected chi connectivity index (χ1v) is 7.88. The average Bonchev–Trinajstić information content (AvgIpc) is 3.02. The minimum Gasteiger partial charge on any atom is -0.357 e. The summed E-state index contributed by atoms with van der Waals surface area (Å²) < 4.78 is 2.07. The highest BCUT2D eigenvalue weighted by Crippen LogP contribution is 2.11. The van der Waals surface area contributed by atoms with Crippen LogP contribution in [-0.4, -0.2) is 28.6 Å². The zero-order valence-electron chi connectivity index (χ0n) is 13.2. The molecule has 2 N–H and O–H groups in total. The molecular formula is C16H23ClIN5. The van der Waals surface area contributed by atoms with Crippen LogP contribution in [0.25, 0.3) is 0 Å². The molecule has 0 aliphatic rings. The van der Waals surface area contributed by atoms with Crippen molar-refractivity contribution in [3.8, 4) is 0 Å². The Hall–Kier alpha value is -1.28. The molecular weight excluding hydrogens is 425 g/mol. The van der Waals surface area contributed by atoms with Gasteiger partial charge in [-0.25, -0.2) is 9.98 Å². The summed E-state index contributed by atoms with van der Waals surface area (Å²) in [6.07, 6.45) is 6.61. The molecule has 23 heavy (non-hydrogen) atoms. The molecule has 5 nitrogen and oxygen atoms in total. The first-order chi connectivity index (χ1) is 10.8. The van der Waals surface area contributed by atoms with Gasteiger partial charge in [0.05, 0.1) is 12.9 Å². The lowest BCUT2D eigenvalue weighted by atomic mass is 10.2. The number of nitrogens with one attached hydrogen (secondary N) is 2. The van der Waals surface area contributed by atoms with E-state index in [2.05, 4.69) is 32.1 Å². The summed E-state index contributed by atoms with van der Waals surface area (Å²) in [5.41, 5.74) is 1.10. The fourth-order valence-corrected chi connectivity index (χ4v) is 2.25. The summed E-state index contributed by atoms with van der Waals surface area (Å²) in [6.45, 7) is 5.31. The molecule has 0 radical (unpaired) electrons. The van der Waals surface area contributed by atoms with E-state index in [4.69, 9.17) is 11.6 Å². The predicted octanol–water partition coefficient (Wildman–Crippen LogP) is 3.30. The van der Waals surface area contributed by atoms with Crippen LogP contribution in [0.4, 0.5) is 0 Å². The summed E-state index contributed by atoms with van der Waals surface area (Å²) in [4.78, 5) is 8.61. The highest BCUT2D eigenvalue weighted by Gasteiger charge is 1.98. The van der Waals surface area contributed by atoms with Crippen LogP contribution in [0.1, 0.15) is 18.9 Å². The molecule has 0 fully saturated rings. The van der Waals surface area contributed by atoms with Crippen molar-refractivity contribution >= 4 is 41.5 Å². The lowest BCUT2D eigenvalue weighted by Crippen LogP contribution is -2.38. The number of nitrogens with zero attached hydrogens (tertiary/aromatic N) is 3. The van der Waals surface area contributed by atoms with Crippen LogP contribution in [0.5, 0.6) is 0 Å². The molecule has 0 bridgehead atoms. The second kappa shape index (κ2) is 11.3. The lowest BCUT2D eigenvalue weighted by molar-refractivity contribution is 0.624. The Balaban J connectivity index is 0.00000264. The first kappa shape index (κ1) is 19.8. The van der Waals surface area contributed by atoms with E-state index in [0.717, 1.165) is 42.6 Å². The van der Waals surface area contributed by atoms with E-state index < -0.39 is 0 Å². The van der Waals surface area contributed by atoms with Gasteiger partial charge in [-0.15, -0.1) is 24.0 Å². The largest absolute Gasteiger partial charge is 0.357 e. The Morgan fingerprint density at radius 2 is 2.22 bits per heavy atom. The molecule has 2 rings (SSSR count). The van der Waals surface area contributed by atoms with E-state index in [1.807, 2.05) is 36.8 Å². The molecule has 0 saturated carbocycles. The Labute approximate surface area is 159 Å². The van der Waals surface area contributed by atoms with Crippen LogP contribution in [0.15, 0.2) is 48.0 Å². The van der Waals surface area contributed by atoms with Gasteiger partial charge >= 0.3 is 0 Å². The Bertz CT molecular complexity index is 586. The summed E-state index contributed by atoms with van der Waals surface area (Å²) in [6, 6.07) is 7.78. The third kappa shape index (κ3) is 7.69. The molecule has 1 heterocycles. The second-order valence-electron chi connectivity index (χ2n) is 4.91. The standard InChI is InChI=1S/C16H22ClN5.HI/c1-2-19-16(20-7-4-9-22-10-8-18-13-22)21-12-14-5-3-6-15(17)11-14;/h3,5-6,8,10-11,13H,2,4,7,9,12H2,1H3,(H2,19,20,21);1H. The van der Waals surface area contributed by atoms with Gasteiger partial charge in [0.2, 0.25) is 0 Å². The smallest absolute Gasteiger partial charge is 0.191 e. The number of halogens is 2. The maximum Gasteiger partial charge on any atom is 0.191 e. The first-order valence-electron chi connectivity index (χ1n) is 7.50. The number of hydrogen-bond donors (Lipinski definition) is 2. The minimum absolute atomic E-state index is 0. The van der Waals surface area contributed by atoms with E-state index in [-0.39, 0.29) is 24.0 Å². The maximum absolute atomic E-state index is 5.99. The number of aromatic nitrogens is 2. The van der Waals surface area contributed by atoms with Gasteiger partial charge < -0.3 is 15.2 Å². The molecule has 0 aliphatic carbocycles. The van der Waals surface area contributed by atoms with Crippen molar-refractivity contribution in [1.29, 1.82) is 0 Å². The molecule has 0 atom stereocenters. The van der Waals surface area contributed by atoms with Crippen molar-refractivity contribution in [2.24, 2.45) is 4.99 Å². The minimum atomic E-state index is 0. The van der Waals surface area contributed by atoms with Crippen molar-refractivity contribution in [3.63, 3.8) is 0 Å². The van der Waals surface area contributed by atoms with E-state index in [1.165, 1.54) is 0 Å². The summed E-state index contributed by atoms with van der Waals surface area (Å²) in [5.74, 6) is 0.827. The molecule has 1 aromatic heterocycles. The van der Waals surface area contributed by atoms with Gasteiger partial charge in [0, 0.05) is 37.1 Å². The van der Waals surface area contributed by atoms with Gasteiger partial charge in [-0.2, -0.15) is 0 Å². The van der Waals surface area contributed by atoms with Crippen molar-refractivity contribution in [2.45, 2.75) is 26.4 Å². The quantitative estimate of drug-likeness (QED) is 0.296.